The fourth-order valence-corrected chi connectivity index (χ4v) is 5.79. The molecule has 5 nitrogen and oxygen atoms in total. The zero-order chi connectivity index (χ0) is 21.5. The highest BCUT2D eigenvalue weighted by molar-refractivity contribution is 7.97. The molecule has 1 N–H and O–H groups in total. The van der Waals surface area contributed by atoms with Gasteiger partial charge in [0.25, 0.3) is 10.0 Å². The lowest BCUT2D eigenvalue weighted by Gasteiger charge is -2.29. The van der Waals surface area contributed by atoms with Gasteiger partial charge in [0.15, 0.2) is 4.91 Å². The van der Waals surface area contributed by atoms with Gasteiger partial charge in [-0.05, 0) is 60.2 Å². The lowest BCUT2D eigenvalue weighted by atomic mass is 10.1. The molecule has 1 aromatic heterocycles. The number of hydrogen-bond acceptors (Lipinski definition) is 5. The van der Waals surface area contributed by atoms with E-state index in [4.69, 9.17) is 0 Å². The molecule has 0 unspecified atom stereocenters. The third kappa shape index (κ3) is 3.53. The normalized spacial score (nSPS) is 16.6. The van der Waals surface area contributed by atoms with Gasteiger partial charge in [-0.2, -0.15) is 0 Å². The van der Waals surface area contributed by atoms with Crippen LogP contribution < -0.4 is 9.62 Å². The summed E-state index contributed by atoms with van der Waals surface area (Å²) in [6.45, 7) is 3.80. The summed E-state index contributed by atoms with van der Waals surface area (Å²) in [5.74, 6) is -0.996. The van der Waals surface area contributed by atoms with E-state index in [0.717, 1.165) is 21.1 Å². The Morgan fingerprint density at radius 2 is 1.90 bits per heavy atom. The fraction of sp³-hybridized carbons (Fsp3) is 0.136. The van der Waals surface area contributed by atoms with E-state index in [-0.39, 0.29) is 11.4 Å². The van der Waals surface area contributed by atoms with Gasteiger partial charge >= 0.3 is 0 Å². The summed E-state index contributed by atoms with van der Waals surface area (Å²) in [6, 6.07) is 13.0. The van der Waals surface area contributed by atoms with E-state index in [9.17, 15) is 17.6 Å². The average Bonchev–Trinajstić information content (AvgIpc) is 3.18. The van der Waals surface area contributed by atoms with Crippen LogP contribution in [0.2, 0.25) is 0 Å². The summed E-state index contributed by atoms with van der Waals surface area (Å²) in [6.07, 6.45) is 1.25. The van der Waals surface area contributed by atoms with Gasteiger partial charge in [-0.1, -0.05) is 24.3 Å². The molecule has 8 heteroatoms. The van der Waals surface area contributed by atoms with Crippen LogP contribution in [0, 0.1) is 19.7 Å². The van der Waals surface area contributed by atoms with Crippen LogP contribution in [0.4, 0.5) is 15.8 Å². The maximum Gasteiger partial charge on any atom is 0.270 e. The molecule has 0 amide bonds. The van der Waals surface area contributed by atoms with Crippen LogP contribution in [0.3, 0.4) is 0 Å². The average molecular weight is 443 g/mol. The van der Waals surface area contributed by atoms with E-state index in [0.29, 0.717) is 16.1 Å². The van der Waals surface area contributed by atoms with Gasteiger partial charge in [0, 0.05) is 11.9 Å². The van der Waals surface area contributed by atoms with Crippen LogP contribution >= 0.6 is 11.3 Å². The highest BCUT2D eigenvalue weighted by atomic mass is 32.2. The first-order valence-corrected chi connectivity index (χ1v) is 11.5. The summed E-state index contributed by atoms with van der Waals surface area (Å²) in [5, 5.41) is 4.66. The molecule has 0 aliphatic carbocycles. The predicted molar refractivity (Wildman–Crippen MR) is 118 cm³/mol. The fourth-order valence-electron chi connectivity index (χ4n) is 3.31. The van der Waals surface area contributed by atoms with Crippen LogP contribution in [0.25, 0.3) is 0 Å². The monoisotopic (exact) mass is 442 g/mol. The van der Waals surface area contributed by atoms with E-state index in [2.05, 4.69) is 5.32 Å². The van der Waals surface area contributed by atoms with Gasteiger partial charge in [0.2, 0.25) is 5.78 Å². The maximum atomic E-state index is 13.6. The summed E-state index contributed by atoms with van der Waals surface area (Å²) >= 11 is 1.18. The van der Waals surface area contributed by atoms with Crippen LogP contribution in [-0.2, 0) is 16.6 Å². The van der Waals surface area contributed by atoms with E-state index in [1.54, 1.807) is 17.5 Å². The third-order valence-electron chi connectivity index (χ3n) is 5.09. The van der Waals surface area contributed by atoms with Crippen molar-refractivity contribution in [2.45, 2.75) is 20.4 Å². The lowest BCUT2D eigenvalue weighted by molar-refractivity contribution is 0.104. The molecule has 2 heterocycles. The van der Waals surface area contributed by atoms with Gasteiger partial charge in [0.1, 0.15) is 10.7 Å². The molecule has 0 bridgehead atoms. The number of halogens is 1. The number of carbonyl (C=O) groups is 1. The molecule has 30 heavy (non-hydrogen) atoms. The predicted octanol–water partition coefficient (Wildman–Crippen LogP) is 4.99. The quantitative estimate of drug-likeness (QED) is 0.578. The van der Waals surface area contributed by atoms with E-state index < -0.39 is 21.6 Å². The Hall–Kier alpha value is -2.97. The molecule has 154 valence electrons. The molecule has 0 saturated heterocycles. The number of aryl methyl sites for hydroxylation is 1. The van der Waals surface area contributed by atoms with E-state index in [1.165, 1.54) is 35.7 Å². The van der Waals surface area contributed by atoms with Gasteiger partial charge in [-0.3, -0.25) is 9.10 Å². The van der Waals surface area contributed by atoms with Gasteiger partial charge < -0.3 is 5.32 Å². The van der Waals surface area contributed by atoms with Crippen molar-refractivity contribution >= 4 is 38.5 Å². The van der Waals surface area contributed by atoms with Crippen molar-refractivity contribution in [3.8, 4) is 0 Å². The van der Waals surface area contributed by atoms with Crippen LogP contribution in [0.5, 0.6) is 0 Å². The van der Waals surface area contributed by atoms with Crippen molar-refractivity contribution in [2.24, 2.45) is 0 Å². The number of carbonyl (C=O) groups excluding carboxylic acids is 1. The summed E-state index contributed by atoms with van der Waals surface area (Å²) in [5.41, 5.74) is 3.54. The first kappa shape index (κ1) is 20.3. The zero-order valence-electron chi connectivity index (χ0n) is 16.3. The minimum atomic E-state index is -4.13. The van der Waals surface area contributed by atoms with Crippen molar-refractivity contribution < 1.29 is 17.6 Å². The number of nitrogens with one attached hydrogen (secondary N) is 1. The molecular weight excluding hydrogens is 423 g/mol. The SMILES string of the molecule is Cc1cccc(N/C=C2/C(=O)c3sccc3N(Cc3cccc(F)c3)S2(=O)=O)c1C. The van der Waals surface area contributed by atoms with Crippen LogP contribution in [-0.4, -0.2) is 14.2 Å². The molecule has 0 spiro atoms. The number of benzene rings is 2. The first-order valence-electron chi connectivity index (χ1n) is 9.21. The maximum absolute atomic E-state index is 13.6. The third-order valence-corrected chi connectivity index (χ3v) is 7.76. The highest BCUT2D eigenvalue weighted by Crippen LogP contribution is 2.39. The number of hydrogen-bond donors (Lipinski definition) is 1. The minimum absolute atomic E-state index is 0.0715. The molecular formula is C22H19FN2O3S2. The second-order valence-electron chi connectivity index (χ2n) is 7.01. The molecule has 1 aliphatic rings. The topological polar surface area (TPSA) is 66.5 Å². The standard InChI is InChI=1S/C22H19FN2O3S2/c1-14-5-3-8-18(15(14)2)24-12-20-21(26)22-19(9-10-29-22)25(30(20,27)28)13-16-6-4-7-17(23)11-16/h3-12,24H,13H2,1-2H3/b20-12-. The number of fused-ring (bicyclic) bond motifs is 1. The molecule has 3 aromatic rings. The number of allylic oxidation sites excluding steroid dienone is 1. The Labute approximate surface area is 178 Å². The number of sulfonamides is 1. The molecule has 4 rings (SSSR count). The molecule has 1 aliphatic heterocycles. The largest absolute Gasteiger partial charge is 0.360 e. The van der Waals surface area contributed by atoms with E-state index >= 15 is 0 Å². The van der Waals surface area contributed by atoms with Gasteiger partial charge in [-0.15, -0.1) is 11.3 Å². The van der Waals surface area contributed by atoms with Gasteiger partial charge in [0.05, 0.1) is 12.2 Å². The molecule has 0 radical (unpaired) electrons. The lowest BCUT2D eigenvalue weighted by Crippen LogP contribution is -2.38. The number of Topliss-reactive ketones (excluding diaryl/α,β-unsaturated/α-hetero) is 1. The Morgan fingerprint density at radius 1 is 1.13 bits per heavy atom. The molecule has 0 atom stereocenters. The Bertz CT molecular complexity index is 1280. The van der Waals surface area contributed by atoms with Crippen molar-refractivity contribution in [1.29, 1.82) is 0 Å². The Balaban J connectivity index is 1.77. The van der Waals surface area contributed by atoms with Crippen molar-refractivity contribution in [3.05, 3.63) is 92.4 Å². The zero-order valence-corrected chi connectivity index (χ0v) is 18.0. The molecule has 2 aromatic carbocycles. The second kappa shape index (κ2) is 7.70. The molecule has 0 saturated carbocycles. The van der Waals surface area contributed by atoms with Crippen molar-refractivity contribution in [1.82, 2.24) is 0 Å². The van der Waals surface area contributed by atoms with Crippen molar-refractivity contribution in [2.75, 3.05) is 9.62 Å². The minimum Gasteiger partial charge on any atom is -0.360 e. The second-order valence-corrected chi connectivity index (χ2v) is 9.75. The summed E-state index contributed by atoms with van der Waals surface area (Å²) < 4.78 is 41.5. The smallest absolute Gasteiger partial charge is 0.270 e. The van der Waals surface area contributed by atoms with Gasteiger partial charge in [-0.25, -0.2) is 12.8 Å². The van der Waals surface area contributed by atoms with Crippen LogP contribution in [0.1, 0.15) is 26.4 Å². The van der Waals surface area contributed by atoms with Crippen molar-refractivity contribution in [3.63, 3.8) is 0 Å². The number of rotatable bonds is 4. The summed E-state index contributed by atoms with van der Waals surface area (Å²) in [4.78, 5) is 13.0. The van der Waals surface area contributed by atoms with Crippen LogP contribution in [0.15, 0.2) is 65.0 Å². The Morgan fingerprint density at radius 3 is 2.67 bits per heavy atom. The first-order chi connectivity index (χ1) is 14.3. The van der Waals surface area contributed by atoms with E-state index in [1.807, 2.05) is 32.0 Å². The highest BCUT2D eigenvalue weighted by Gasteiger charge is 2.41. The summed E-state index contributed by atoms with van der Waals surface area (Å²) in [7, 11) is -4.13. The Kier molecular flexibility index (Phi) is 5.21. The number of nitrogens with zero attached hydrogens (tertiary/aromatic N) is 1. The number of ketones is 1. The molecule has 0 fully saturated rings. The number of anilines is 2. The number of thiophene rings is 1.